The molecule has 0 radical (unpaired) electrons. The fourth-order valence-electron chi connectivity index (χ4n) is 14.1. The van der Waals surface area contributed by atoms with E-state index in [1.54, 1.807) is 177 Å². The molecule has 5 fully saturated rings. The van der Waals surface area contributed by atoms with Crippen molar-refractivity contribution in [1.82, 2.24) is 31.9 Å². The zero-order valence-corrected chi connectivity index (χ0v) is 68.2. The summed E-state index contributed by atoms with van der Waals surface area (Å²) in [4.78, 5) is 71.1. The molecule has 7 aromatic rings. The van der Waals surface area contributed by atoms with Crippen molar-refractivity contribution in [1.29, 1.82) is 0 Å². The molecule has 7 aromatic carbocycles. The van der Waals surface area contributed by atoms with E-state index in [-0.39, 0.29) is 65.8 Å². The van der Waals surface area contributed by atoms with E-state index >= 15 is 0 Å². The SMILES string of the molecule is COc1ccc(CCNCCO[C@H]2[C@H](O[C@@H]3[C@@H](O)[C@H](NC(=O)OCc4ccccc4)C[C@H](NC(=O)OCc4ccccc4)[C@H]3O[C@H]3O[C@@H]4COC(c5ccccc5)O[C@H]4[C@H](O)[C@H]3NC(=O)OCc3ccccc3)O[C@H](CO[Si](C)(C)C(C)(C)C)[C@H]2O[C@H]2O[C@@H](CNC(=O)OCc3ccccc3)[C@@H](O)[C@H](O)[C@H]2NC(=O)OCc2ccccc2)cc1. The second-order valence-electron chi connectivity index (χ2n) is 31.1. The minimum atomic E-state index is -2.82. The summed E-state index contributed by atoms with van der Waals surface area (Å²) in [6.45, 7) is 8.76. The van der Waals surface area contributed by atoms with E-state index in [0.717, 1.165) is 5.56 Å². The van der Waals surface area contributed by atoms with Crippen LogP contribution >= 0.6 is 0 Å². The Labute approximate surface area is 692 Å². The first-order valence-corrected chi connectivity index (χ1v) is 42.8. The van der Waals surface area contributed by atoms with Gasteiger partial charge in [0.1, 0.15) is 124 Å². The molecular weight excluding hydrogens is 1560 g/mol. The number of hydrogen-bond donors (Lipinski definition) is 10. The first-order chi connectivity index (χ1) is 57.5. The van der Waals surface area contributed by atoms with E-state index in [4.69, 9.17) is 75.5 Å². The lowest BCUT2D eigenvalue weighted by Gasteiger charge is -2.51. The van der Waals surface area contributed by atoms with E-state index in [1.807, 2.05) is 70.3 Å². The number of carbonyl (C=O) groups is 5. The third-order valence-electron chi connectivity index (χ3n) is 21.7. The molecule has 5 amide bonds. The summed E-state index contributed by atoms with van der Waals surface area (Å²) in [7, 11) is -1.24. The van der Waals surface area contributed by atoms with Gasteiger partial charge in [-0.2, -0.15) is 0 Å². The van der Waals surface area contributed by atoms with E-state index in [1.165, 1.54) is 0 Å². The van der Waals surface area contributed by atoms with Crippen molar-refractivity contribution in [3.05, 3.63) is 245 Å². The maximum absolute atomic E-state index is 14.7. The number of fused-ring (bicyclic) bond motifs is 1. The molecule has 0 aromatic heterocycles. The smallest absolute Gasteiger partial charge is 0.407 e. The van der Waals surface area contributed by atoms with E-state index in [0.29, 0.717) is 52.1 Å². The van der Waals surface area contributed by atoms with Gasteiger partial charge in [0.25, 0.3) is 0 Å². The zero-order chi connectivity index (χ0) is 83.8. The fourth-order valence-corrected chi connectivity index (χ4v) is 15.1. The average Bonchev–Trinajstić information content (AvgIpc) is 1.24. The Bertz CT molecular complexity index is 4270. The average molecular weight is 1670 g/mol. The van der Waals surface area contributed by atoms with E-state index < -0.39 is 173 Å². The third kappa shape index (κ3) is 25.0. The number of aliphatic hydroxyl groups excluding tert-OH is 4. The summed E-state index contributed by atoms with van der Waals surface area (Å²) < 4.78 is 103. The van der Waals surface area contributed by atoms with Crippen LogP contribution in [0.25, 0.3) is 0 Å². The molecule has 4 heterocycles. The number of benzene rings is 7. The van der Waals surface area contributed by atoms with Gasteiger partial charge < -0.3 is 128 Å². The molecule has 1 saturated carbocycles. The van der Waals surface area contributed by atoms with Crippen molar-refractivity contribution in [3.8, 4) is 5.75 Å². The lowest BCUT2D eigenvalue weighted by molar-refractivity contribution is -0.358. The van der Waals surface area contributed by atoms with Crippen LogP contribution in [0.1, 0.15) is 72.4 Å². The van der Waals surface area contributed by atoms with Crippen LogP contribution in [-0.4, -0.2) is 222 Å². The lowest BCUT2D eigenvalue weighted by Crippen LogP contribution is -2.71. The van der Waals surface area contributed by atoms with Crippen molar-refractivity contribution in [2.75, 3.05) is 46.6 Å². The number of aliphatic hydroxyl groups is 4. The van der Waals surface area contributed by atoms with E-state index in [9.17, 15) is 44.4 Å². The summed E-state index contributed by atoms with van der Waals surface area (Å²) in [5, 5.41) is 67.7. The van der Waals surface area contributed by atoms with Crippen LogP contribution in [0.3, 0.4) is 0 Å². The highest BCUT2D eigenvalue weighted by atomic mass is 28.4. The summed E-state index contributed by atoms with van der Waals surface area (Å²) >= 11 is 0. The number of methoxy groups -OCH3 is 1. The number of alkyl carbamates (subject to hydrolysis) is 5. The van der Waals surface area contributed by atoms with Crippen LogP contribution in [0.2, 0.25) is 18.1 Å². The molecular formula is C87H108N6O25Si. The van der Waals surface area contributed by atoms with Crippen LogP contribution < -0.4 is 36.6 Å². The molecule has 20 atom stereocenters. The second kappa shape index (κ2) is 43.0. The summed E-state index contributed by atoms with van der Waals surface area (Å²) in [6, 6.07) is 54.8. The van der Waals surface area contributed by atoms with Crippen molar-refractivity contribution in [2.24, 2.45) is 0 Å². The molecule has 12 rings (SSSR count). The van der Waals surface area contributed by atoms with Crippen LogP contribution in [0.15, 0.2) is 206 Å². The van der Waals surface area contributed by atoms with Gasteiger partial charge in [0.05, 0.1) is 39.0 Å². The Kier molecular flexibility index (Phi) is 32.0. The second-order valence-corrected chi connectivity index (χ2v) is 35.9. The summed E-state index contributed by atoms with van der Waals surface area (Å²) in [5.74, 6) is 0.690. The van der Waals surface area contributed by atoms with Gasteiger partial charge >= 0.3 is 30.5 Å². The minimum absolute atomic E-state index is 0.112. The van der Waals surface area contributed by atoms with Gasteiger partial charge in [-0.3, -0.25) is 0 Å². The summed E-state index contributed by atoms with van der Waals surface area (Å²) in [5.41, 5.74) is 4.83. The standard InChI is InChI=1S/C87H108N6O25Si/c1-87(2,3)119(5,6)111-53-66-75(117-79-67(92-85(101)109-50-58-31-19-10-20-32-58)71(96)70(95)64(112-79)46-89-82(98)106-47-55-25-13-7-14-26-55)77(104-44-43-88-42-41-54-37-39-61(103-4)40-38-54)81(114-66)118-76-69(94)62(90-83(99)107-48-56-27-15-8-16-28-56)45-63(91-84(100)108-49-57-29-17-9-18-30-57)73(76)115-80-68(93-86(102)110-51-59-33-21-11-22-34-59)72(97)74-65(113-80)52-105-78(116-74)60-35-23-12-24-36-60/h7-40,62-81,88,94-97H,41-53H2,1-6H3,(H,89,98)(H,90,99)(H,91,100)(H,92,101)(H,93,102)/t62-,63+,64+,65-,66-,67-,68-,69+,70-,71-,72-,73-,74-,75-,76-,77-,78?,79-,80-,81+/m1/s1. The van der Waals surface area contributed by atoms with Gasteiger partial charge in [0.15, 0.2) is 33.5 Å². The van der Waals surface area contributed by atoms with Crippen molar-refractivity contribution >= 4 is 38.8 Å². The molecule has 1 unspecified atom stereocenters. The maximum atomic E-state index is 14.7. The predicted octanol–water partition coefficient (Wildman–Crippen LogP) is 8.63. The quantitative estimate of drug-likeness (QED) is 0.0102. The zero-order valence-electron chi connectivity index (χ0n) is 67.2. The lowest BCUT2D eigenvalue weighted by atomic mass is 9.83. The van der Waals surface area contributed by atoms with Crippen LogP contribution in [0, 0.1) is 0 Å². The highest BCUT2D eigenvalue weighted by Gasteiger charge is 2.59. The first kappa shape index (κ1) is 88.6. The molecule has 31 nitrogen and oxygen atoms in total. The Morgan fingerprint density at radius 2 is 0.908 bits per heavy atom. The Balaban J connectivity index is 0.936. The van der Waals surface area contributed by atoms with Gasteiger partial charge in [-0.05, 0) is 83.0 Å². The number of hydrogen-bond acceptors (Lipinski definition) is 26. The number of nitrogens with one attached hydrogen (secondary N) is 6. The number of ether oxygens (including phenoxy) is 15. The molecule has 4 saturated heterocycles. The van der Waals surface area contributed by atoms with Crippen LogP contribution in [-0.2, 0) is 110 Å². The van der Waals surface area contributed by atoms with Crippen molar-refractivity contribution in [3.63, 3.8) is 0 Å². The first-order valence-electron chi connectivity index (χ1n) is 39.9. The Morgan fingerprint density at radius 3 is 1.42 bits per heavy atom. The van der Waals surface area contributed by atoms with Gasteiger partial charge in [0.2, 0.25) is 0 Å². The molecule has 0 spiro atoms. The molecule has 119 heavy (non-hydrogen) atoms. The Hall–Kier alpha value is -9.69. The predicted molar refractivity (Wildman–Crippen MR) is 431 cm³/mol. The fraction of sp³-hybridized carbons (Fsp3) is 0.460. The van der Waals surface area contributed by atoms with Crippen LogP contribution in [0.4, 0.5) is 24.0 Å². The maximum Gasteiger partial charge on any atom is 0.407 e. The highest BCUT2D eigenvalue weighted by molar-refractivity contribution is 6.74. The minimum Gasteiger partial charge on any atom is -0.497 e. The third-order valence-corrected chi connectivity index (χ3v) is 26.2. The van der Waals surface area contributed by atoms with Gasteiger partial charge in [-0.25, -0.2) is 24.0 Å². The summed E-state index contributed by atoms with van der Waals surface area (Å²) in [6.07, 6.45) is -30.1. The molecule has 32 heteroatoms. The monoisotopic (exact) mass is 1660 g/mol. The molecule has 5 aliphatic rings. The molecule has 0 bridgehead atoms. The van der Waals surface area contributed by atoms with Gasteiger partial charge in [-0.1, -0.05) is 215 Å². The number of carbonyl (C=O) groups excluding carboxylic acids is 5. The van der Waals surface area contributed by atoms with E-state index in [2.05, 4.69) is 31.9 Å². The molecule has 10 N–H and O–H groups in total. The van der Waals surface area contributed by atoms with Gasteiger partial charge in [0, 0.05) is 18.7 Å². The highest BCUT2D eigenvalue weighted by Crippen LogP contribution is 2.42. The molecule has 1 aliphatic carbocycles. The number of rotatable bonds is 34. The van der Waals surface area contributed by atoms with Crippen molar-refractivity contribution < 1.29 is 120 Å². The van der Waals surface area contributed by atoms with Crippen molar-refractivity contribution in [2.45, 2.75) is 207 Å². The normalized spacial score (nSPS) is 27.4. The largest absolute Gasteiger partial charge is 0.497 e. The number of amides is 5. The molecule has 640 valence electrons. The Morgan fingerprint density at radius 1 is 0.454 bits per heavy atom. The van der Waals surface area contributed by atoms with Gasteiger partial charge in [-0.15, -0.1) is 0 Å². The van der Waals surface area contributed by atoms with Crippen LogP contribution in [0.5, 0.6) is 5.75 Å². The molecule has 4 aliphatic heterocycles. The topological polar surface area (TPSA) is 386 Å².